The summed E-state index contributed by atoms with van der Waals surface area (Å²) in [5.41, 5.74) is -0.234. The number of alkyl carbamates (subject to hydrolysis) is 1. The highest BCUT2D eigenvalue weighted by molar-refractivity contribution is 5.67. The van der Waals surface area contributed by atoms with Crippen LogP contribution in [0, 0.1) is 0 Å². The second kappa shape index (κ2) is 6.78. The third-order valence-corrected chi connectivity index (χ3v) is 2.75. The van der Waals surface area contributed by atoms with E-state index in [1.54, 1.807) is 7.05 Å². The fraction of sp³-hybridized carbons (Fsp3) is 0.786. The molecule has 0 saturated carbocycles. The van der Waals surface area contributed by atoms with Crippen molar-refractivity contribution in [2.45, 2.75) is 64.3 Å². The zero-order valence-electron chi connectivity index (χ0n) is 11.9. The summed E-state index contributed by atoms with van der Waals surface area (Å²) in [5.74, 6) is 0. The van der Waals surface area contributed by atoms with E-state index in [9.17, 15) is 4.79 Å². The van der Waals surface area contributed by atoms with E-state index in [-0.39, 0.29) is 17.8 Å². The Kier molecular flexibility index (Phi) is 5.66. The van der Waals surface area contributed by atoms with Crippen molar-refractivity contribution in [3.8, 4) is 0 Å². The summed E-state index contributed by atoms with van der Waals surface area (Å²) in [7, 11) is 1.56. The van der Waals surface area contributed by atoms with Gasteiger partial charge in [0.1, 0.15) is 6.10 Å². The predicted octanol–water partition coefficient (Wildman–Crippen LogP) is 3.02. The van der Waals surface area contributed by atoms with Gasteiger partial charge in [-0.3, -0.25) is 0 Å². The van der Waals surface area contributed by atoms with Crippen LogP contribution in [0.3, 0.4) is 0 Å². The minimum atomic E-state index is -0.410. The van der Waals surface area contributed by atoms with Crippen molar-refractivity contribution in [2.24, 2.45) is 0 Å². The molecule has 1 amide bonds. The summed E-state index contributed by atoms with van der Waals surface area (Å²) in [6.45, 7) is 6.06. The van der Waals surface area contributed by atoms with Crippen molar-refractivity contribution in [3.63, 3.8) is 0 Å². The third kappa shape index (κ3) is 5.54. The van der Waals surface area contributed by atoms with Crippen LogP contribution in [0.25, 0.3) is 0 Å². The number of amides is 1. The molecule has 1 N–H and O–H groups in total. The largest absolute Gasteiger partial charge is 0.439 e. The zero-order chi connectivity index (χ0) is 13.6. The lowest BCUT2D eigenvalue weighted by molar-refractivity contribution is -0.104. The smallest absolute Gasteiger partial charge is 0.407 e. The molecule has 0 aromatic carbocycles. The summed E-state index contributed by atoms with van der Waals surface area (Å²) < 4.78 is 11.4. The fourth-order valence-corrected chi connectivity index (χ4v) is 2.00. The van der Waals surface area contributed by atoms with Crippen LogP contribution in [-0.2, 0) is 9.47 Å². The SMILES string of the molecule is CNC(=O)OC1/C=C/CCCCC1OC(C)(C)C. The van der Waals surface area contributed by atoms with Crippen molar-refractivity contribution >= 4 is 6.09 Å². The Morgan fingerprint density at radius 2 is 2.06 bits per heavy atom. The minimum Gasteiger partial charge on any atom is -0.439 e. The highest BCUT2D eigenvalue weighted by Gasteiger charge is 2.28. The average molecular weight is 255 g/mol. The number of allylic oxidation sites excluding steroid dienone is 1. The number of rotatable bonds is 2. The molecule has 0 heterocycles. The van der Waals surface area contributed by atoms with Gasteiger partial charge in [-0.25, -0.2) is 4.79 Å². The molecule has 2 unspecified atom stereocenters. The Morgan fingerprint density at radius 1 is 1.33 bits per heavy atom. The van der Waals surface area contributed by atoms with Gasteiger partial charge in [0.25, 0.3) is 0 Å². The molecule has 18 heavy (non-hydrogen) atoms. The maximum absolute atomic E-state index is 11.4. The third-order valence-electron chi connectivity index (χ3n) is 2.75. The van der Waals surface area contributed by atoms with E-state index < -0.39 is 6.09 Å². The minimum absolute atomic E-state index is 0.0705. The van der Waals surface area contributed by atoms with E-state index in [1.165, 1.54) is 0 Å². The summed E-state index contributed by atoms with van der Waals surface area (Å²) in [6, 6.07) is 0. The van der Waals surface area contributed by atoms with E-state index >= 15 is 0 Å². The van der Waals surface area contributed by atoms with Gasteiger partial charge in [-0.05, 0) is 46.1 Å². The molecular weight excluding hydrogens is 230 g/mol. The summed E-state index contributed by atoms with van der Waals surface area (Å²) in [5, 5.41) is 2.48. The van der Waals surface area contributed by atoms with Gasteiger partial charge in [-0.2, -0.15) is 0 Å². The molecule has 0 aromatic heterocycles. The summed E-state index contributed by atoms with van der Waals surface area (Å²) in [6.07, 6.45) is 7.46. The fourth-order valence-electron chi connectivity index (χ4n) is 2.00. The molecule has 0 spiro atoms. The first-order chi connectivity index (χ1) is 8.42. The van der Waals surface area contributed by atoms with E-state index in [4.69, 9.17) is 9.47 Å². The highest BCUT2D eigenvalue weighted by Crippen LogP contribution is 2.23. The van der Waals surface area contributed by atoms with Crippen LogP contribution in [0.4, 0.5) is 4.79 Å². The lowest BCUT2D eigenvalue weighted by atomic mass is 10.00. The first kappa shape index (κ1) is 15.0. The summed E-state index contributed by atoms with van der Waals surface area (Å²) >= 11 is 0. The molecule has 0 bridgehead atoms. The Morgan fingerprint density at radius 3 is 2.67 bits per heavy atom. The molecule has 0 fully saturated rings. The lowest BCUT2D eigenvalue weighted by Gasteiger charge is -2.32. The first-order valence-corrected chi connectivity index (χ1v) is 6.65. The molecule has 0 aromatic rings. The average Bonchev–Trinajstić information content (AvgIpc) is 2.25. The lowest BCUT2D eigenvalue weighted by Crippen LogP contribution is -2.39. The van der Waals surface area contributed by atoms with E-state index in [0.717, 1.165) is 25.7 Å². The van der Waals surface area contributed by atoms with Crippen molar-refractivity contribution in [3.05, 3.63) is 12.2 Å². The number of hydrogen-bond acceptors (Lipinski definition) is 3. The van der Waals surface area contributed by atoms with Crippen LogP contribution in [-0.4, -0.2) is 30.9 Å². The Balaban J connectivity index is 2.73. The Hall–Kier alpha value is -1.03. The number of ether oxygens (including phenoxy) is 2. The van der Waals surface area contributed by atoms with Crippen LogP contribution < -0.4 is 5.32 Å². The van der Waals surface area contributed by atoms with Crippen LogP contribution in [0.5, 0.6) is 0 Å². The van der Waals surface area contributed by atoms with Gasteiger partial charge in [0.05, 0.1) is 11.7 Å². The number of carbonyl (C=O) groups is 1. The first-order valence-electron chi connectivity index (χ1n) is 6.65. The Bertz CT molecular complexity index is 294. The van der Waals surface area contributed by atoms with Crippen molar-refractivity contribution in [2.75, 3.05) is 7.05 Å². The van der Waals surface area contributed by atoms with Crippen LogP contribution in [0.15, 0.2) is 12.2 Å². The van der Waals surface area contributed by atoms with E-state index in [2.05, 4.69) is 11.4 Å². The molecule has 0 saturated heterocycles. The zero-order valence-corrected chi connectivity index (χ0v) is 11.9. The molecule has 0 aliphatic heterocycles. The van der Waals surface area contributed by atoms with Gasteiger partial charge in [0.15, 0.2) is 0 Å². The molecule has 1 aliphatic carbocycles. The van der Waals surface area contributed by atoms with E-state index in [1.807, 2.05) is 26.8 Å². The van der Waals surface area contributed by atoms with Crippen molar-refractivity contribution in [1.29, 1.82) is 0 Å². The van der Waals surface area contributed by atoms with Crippen LogP contribution in [0.1, 0.15) is 46.5 Å². The second-order valence-electron chi connectivity index (χ2n) is 5.60. The Labute approximate surface area is 110 Å². The van der Waals surface area contributed by atoms with Gasteiger partial charge in [-0.1, -0.05) is 12.5 Å². The standard InChI is InChI=1S/C14H25NO3/c1-14(2,3)18-12-10-8-6-5-7-9-11(12)17-13(16)15-4/h7,9,11-12H,5-6,8,10H2,1-4H3,(H,15,16)/b9-7+. The molecular formula is C14H25NO3. The molecule has 1 aliphatic rings. The number of nitrogens with one attached hydrogen (secondary N) is 1. The van der Waals surface area contributed by atoms with Crippen LogP contribution >= 0.6 is 0 Å². The molecule has 1 rings (SSSR count). The number of hydrogen-bond donors (Lipinski definition) is 1. The normalized spacial score (nSPS) is 26.9. The monoisotopic (exact) mass is 255 g/mol. The van der Waals surface area contributed by atoms with Gasteiger partial charge in [0.2, 0.25) is 0 Å². The second-order valence-corrected chi connectivity index (χ2v) is 5.60. The van der Waals surface area contributed by atoms with Crippen LogP contribution in [0.2, 0.25) is 0 Å². The molecule has 4 heteroatoms. The number of carbonyl (C=O) groups excluding carboxylic acids is 1. The molecule has 4 nitrogen and oxygen atoms in total. The maximum Gasteiger partial charge on any atom is 0.407 e. The quantitative estimate of drug-likeness (QED) is 0.771. The van der Waals surface area contributed by atoms with Gasteiger partial charge in [-0.15, -0.1) is 0 Å². The van der Waals surface area contributed by atoms with E-state index in [0.29, 0.717) is 0 Å². The van der Waals surface area contributed by atoms with Gasteiger partial charge >= 0.3 is 6.09 Å². The highest BCUT2D eigenvalue weighted by atomic mass is 16.6. The summed E-state index contributed by atoms with van der Waals surface area (Å²) in [4.78, 5) is 11.4. The molecule has 0 radical (unpaired) electrons. The van der Waals surface area contributed by atoms with Gasteiger partial charge in [0, 0.05) is 7.05 Å². The molecule has 104 valence electrons. The topological polar surface area (TPSA) is 47.6 Å². The van der Waals surface area contributed by atoms with Crippen molar-refractivity contribution < 1.29 is 14.3 Å². The van der Waals surface area contributed by atoms with Gasteiger partial charge < -0.3 is 14.8 Å². The molecule has 2 atom stereocenters. The maximum atomic E-state index is 11.4. The van der Waals surface area contributed by atoms with Crippen molar-refractivity contribution in [1.82, 2.24) is 5.32 Å². The predicted molar refractivity (Wildman–Crippen MR) is 71.6 cm³/mol.